The minimum Gasteiger partial charge on any atom is -0.326 e. The topological polar surface area (TPSA) is 38.9 Å². The van der Waals surface area contributed by atoms with Crippen LogP contribution in [0.4, 0.5) is 13.2 Å². The van der Waals surface area contributed by atoms with Gasteiger partial charge in [0.1, 0.15) is 0 Å². The number of halogens is 3. The van der Waals surface area contributed by atoms with E-state index in [-0.39, 0.29) is 17.3 Å². The molecule has 0 aliphatic heterocycles. The van der Waals surface area contributed by atoms with Crippen molar-refractivity contribution in [2.45, 2.75) is 58.2 Å². The van der Waals surface area contributed by atoms with Crippen molar-refractivity contribution in [3.8, 4) is 0 Å². The molecule has 1 aromatic heterocycles. The Hall–Kier alpha value is -0.620. The Bertz CT molecular complexity index is 441. The summed E-state index contributed by atoms with van der Waals surface area (Å²) >= 11 is 1.14. The summed E-state index contributed by atoms with van der Waals surface area (Å²) < 4.78 is 38.5. The lowest BCUT2D eigenvalue weighted by atomic mass is 9.73. The molecule has 0 spiro atoms. The Morgan fingerprint density at radius 3 is 2.32 bits per heavy atom. The van der Waals surface area contributed by atoms with Crippen molar-refractivity contribution in [1.82, 2.24) is 4.98 Å². The molecule has 0 bridgehead atoms. The van der Waals surface area contributed by atoms with Gasteiger partial charge in [0.2, 0.25) is 0 Å². The average Bonchev–Trinajstić information content (AvgIpc) is 2.72. The first kappa shape index (κ1) is 14.8. The molecule has 19 heavy (non-hydrogen) atoms. The second-order valence-electron chi connectivity index (χ2n) is 5.96. The van der Waals surface area contributed by atoms with E-state index in [9.17, 15) is 13.2 Å². The fraction of sp³-hybridized carbons (Fsp3) is 0.769. The lowest BCUT2D eigenvalue weighted by Crippen LogP contribution is -2.20. The first-order valence-electron chi connectivity index (χ1n) is 6.50. The number of thiazole rings is 1. The molecule has 108 valence electrons. The Morgan fingerprint density at radius 1 is 1.32 bits per heavy atom. The molecule has 2 N–H and O–H groups in total. The molecule has 1 heterocycles. The van der Waals surface area contributed by atoms with E-state index in [2.05, 4.69) is 18.8 Å². The maximum Gasteiger partial charge on any atom is 0.434 e. The molecule has 1 fully saturated rings. The van der Waals surface area contributed by atoms with Crippen molar-refractivity contribution < 1.29 is 13.2 Å². The number of hydrogen-bond acceptors (Lipinski definition) is 3. The maximum atomic E-state index is 12.8. The third kappa shape index (κ3) is 3.28. The van der Waals surface area contributed by atoms with Crippen LogP contribution < -0.4 is 5.73 Å². The van der Waals surface area contributed by atoms with Crippen LogP contribution in [0, 0.1) is 5.41 Å². The van der Waals surface area contributed by atoms with Crippen LogP contribution in [-0.4, -0.2) is 4.98 Å². The van der Waals surface area contributed by atoms with Crippen LogP contribution in [0.2, 0.25) is 0 Å². The number of aromatic nitrogens is 1. The van der Waals surface area contributed by atoms with Crippen molar-refractivity contribution in [3.63, 3.8) is 0 Å². The molecule has 1 aliphatic rings. The van der Waals surface area contributed by atoms with Crippen molar-refractivity contribution in [1.29, 1.82) is 0 Å². The van der Waals surface area contributed by atoms with Crippen LogP contribution in [0.3, 0.4) is 0 Å². The molecule has 0 atom stereocenters. The first-order chi connectivity index (χ1) is 8.73. The summed E-state index contributed by atoms with van der Waals surface area (Å²) in [7, 11) is 0. The lowest BCUT2D eigenvalue weighted by Gasteiger charge is -2.33. The molecule has 0 unspecified atom stereocenters. The standard InChI is InChI=1S/C13H19F3N2S/c1-12(2)5-3-8(4-6-12)11-18-10(13(14,15)16)9(7-17)19-11/h8H,3-7,17H2,1-2H3. The van der Waals surface area contributed by atoms with Crippen LogP contribution in [0.5, 0.6) is 0 Å². The smallest absolute Gasteiger partial charge is 0.326 e. The van der Waals surface area contributed by atoms with E-state index >= 15 is 0 Å². The molecule has 1 aromatic rings. The minimum absolute atomic E-state index is 0.0925. The molecule has 1 saturated carbocycles. The van der Waals surface area contributed by atoms with Gasteiger partial charge < -0.3 is 5.73 Å². The van der Waals surface area contributed by atoms with Gasteiger partial charge in [0.15, 0.2) is 5.69 Å². The quantitative estimate of drug-likeness (QED) is 0.882. The summed E-state index contributed by atoms with van der Waals surface area (Å²) in [4.78, 5) is 4.00. The first-order valence-corrected chi connectivity index (χ1v) is 7.31. The molecule has 0 saturated heterocycles. The zero-order chi connectivity index (χ0) is 14.3. The lowest BCUT2D eigenvalue weighted by molar-refractivity contribution is -0.141. The largest absolute Gasteiger partial charge is 0.434 e. The van der Waals surface area contributed by atoms with E-state index < -0.39 is 11.9 Å². The molecule has 0 amide bonds. The number of hydrogen-bond donors (Lipinski definition) is 1. The molecule has 2 nitrogen and oxygen atoms in total. The second kappa shape index (κ2) is 5.05. The predicted octanol–water partition coefficient (Wildman–Crippen LogP) is 4.30. The SMILES string of the molecule is CC1(C)CCC(c2nc(C(F)(F)F)c(CN)s2)CC1. The van der Waals surface area contributed by atoms with Crippen molar-refractivity contribution in [3.05, 3.63) is 15.6 Å². The third-order valence-corrected chi connectivity index (χ3v) is 5.10. The maximum absolute atomic E-state index is 12.8. The molecule has 2 rings (SSSR count). The normalized spacial score (nSPS) is 20.7. The highest BCUT2D eigenvalue weighted by Gasteiger charge is 2.38. The van der Waals surface area contributed by atoms with E-state index in [4.69, 9.17) is 5.73 Å². The van der Waals surface area contributed by atoms with Gasteiger partial charge in [0.25, 0.3) is 0 Å². The highest BCUT2D eigenvalue weighted by atomic mass is 32.1. The van der Waals surface area contributed by atoms with Crippen LogP contribution >= 0.6 is 11.3 Å². The van der Waals surface area contributed by atoms with E-state index in [1.807, 2.05) is 0 Å². The Labute approximate surface area is 115 Å². The van der Waals surface area contributed by atoms with E-state index in [0.717, 1.165) is 37.0 Å². The summed E-state index contributed by atoms with van der Waals surface area (Å²) in [5.41, 5.74) is 4.93. The second-order valence-corrected chi connectivity index (χ2v) is 7.08. The zero-order valence-corrected chi connectivity index (χ0v) is 12.0. The molecule has 6 heteroatoms. The zero-order valence-electron chi connectivity index (χ0n) is 11.2. The summed E-state index contributed by atoms with van der Waals surface area (Å²) in [6.07, 6.45) is -0.478. The van der Waals surface area contributed by atoms with Crippen LogP contribution in [0.25, 0.3) is 0 Å². The van der Waals surface area contributed by atoms with E-state index in [1.165, 1.54) is 0 Å². The van der Waals surface area contributed by atoms with Gasteiger partial charge in [-0.1, -0.05) is 13.8 Å². The van der Waals surface area contributed by atoms with Gasteiger partial charge in [-0.2, -0.15) is 13.2 Å². The van der Waals surface area contributed by atoms with Crippen LogP contribution in [0.1, 0.15) is 61.0 Å². The van der Waals surface area contributed by atoms with Gasteiger partial charge in [0.05, 0.1) is 9.88 Å². The highest BCUT2D eigenvalue weighted by molar-refractivity contribution is 7.11. The number of rotatable bonds is 2. The average molecular weight is 292 g/mol. The Kier molecular flexibility index (Phi) is 3.93. The van der Waals surface area contributed by atoms with Crippen molar-refractivity contribution in [2.75, 3.05) is 0 Å². The van der Waals surface area contributed by atoms with Crippen molar-refractivity contribution in [2.24, 2.45) is 11.1 Å². The molecular formula is C13H19F3N2S. The third-order valence-electron chi connectivity index (χ3n) is 3.86. The molecule has 0 aromatic carbocycles. The summed E-state index contributed by atoms with van der Waals surface area (Å²) in [5.74, 6) is 0.166. The van der Waals surface area contributed by atoms with Gasteiger partial charge in [0, 0.05) is 12.5 Å². The number of nitrogens with two attached hydrogens (primary N) is 1. The monoisotopic (exact) mass is 292 g/mol. The van der Waals surface area contributed by atoms with Crippen molar-refractivity contribution >= 4 is 11.3 Å². The summed E-state index contributed by atoms with van der Waals surface area (Å²) in [6.45, 7) is 4.32. The highest BCUT2D eigenvalue weighted by Crippen LogP contribution is 2.45. The fourth-order valence-corrected chi connectivity index (χ4v) is 3.68. The van der Waals surface area contributed by atoms with Gasteiger partial charge in [-0.05, 0) is 31.1 Å². The van der Waals surface area contributed by atoms with E-state index in [0.29, 0.717) is 10.4 Å². The van der Waals surface area contributed by atoms with Gasteiger partial charge in [-0.3, -0.25) is 0 Å². The fourth-order valence-electron chi connectivity index (χ4n) is 2.55. The Balaban J connectivity index is 2.20. The van der Waals surface area contributed by atoms with Crippen LogP contribution in [0.15, 0.2) is 0 Å². The van der Waals surface area contributed by atoms with Crippen LogP contribution in [-0.2, 0) is 12.7 Å². The van der Waals surface area contributed by atoms with E-state index in [1.54, 1.807) is 0 Å². The summed E-state index contributed by atoms with van der Waals surface area (Å²) in [6, 6.07) is 0. The summed E-state index contributed by atoms with van der Waals surface area (Å²) in [5, 5.41) is 0.614. The molecular weight excluding hydrogens is 273 g/mol. The Morgan fingerprint density at radius 2 is 1.89 bits per heavy atom. The minimum atomic E-state index is -4.39. The predicted molar refractivity (Wildman–Crippen MR) is 70.0 cm³/mol. The number of alkyl halides is 3. The van der Waals surface area contributed by atoms with Gasteiger partial charge in [-0.15, -0.1) is 11.3 Å². The van der Waals surface area contributed by atoms with Gasteiger partial charge >= 0.3 is 6.18 Å². The molecule has 1 aliphatic carbocycles. The molecule has 0 radical (unpaired) electrons. The van der Waals surface area contributed by atoms with Gasteiger partial charge in [-0.25, -0.2) is 4.98 Å². The number of nitrogens with zero attached hydrogens (tertiary/aromatic N) is 1.